The molecule has 520 valence electrons. The lowest BCUT2D eigenvalue weighted by Crippen LogP contribution is -2.13. The molecule has 0 N–H and O–H groups in total. The van der Waals surface area contributed by atoms with E-state index in [2.05, 4.69) is 258 Å². The first kappa shape index (κ1) is 127. The lowest BCUT2D eigenvalue weighted by molar-refractivity contribution is 0.469. The standard InChI is InChI=1S/2C12H19N.2C10H15N.C5H12.2C3H8.12C2H6.2CH4/c2*1-5-10-8-7-9-11(6-2)12(10)13(3)4;2*1-4-9-7-5-6-8-10(9)11(2)3;1-5(2,3)4;2*1-3-2;12*1-2;;/h2*7-9H,5-6H2,1-4H3;2*5-8H,4H2,1-3H3;1-4H3;2*3H2,1-2H3;12*1-2H3;2*1H4. The lowest BCUT2D eigenvalue weighted by Gasteiger charge is -2.20. The molecule has 0 radical (unpaired) electrons. The van der Waals surface area contributed by atoms with Gasteiger partial charge in [-0.2, -0.15) is 0 Å². The maximum absolute atomic E-state index is 2.22. The van der Waals surface area contributed by atoms with Gasteiger partial charge in [0.05, 0.1) is 0 Å². The van der Waals surface area contributed by atoms with E-state index in [1.807, 2.05) is 166 Å². The highest BCUT2D eigenvalue weighted by Gasteiger charge is 2.08. The molecule has 4 rings (SSSR count). The molecular weight excluding hydrogens is 1030 g/mol. The van der Waals surface area contributed by atoms with Crippen molar-refractivity contribution in [3.8, 4) is 0 Å². The summed E-state index contributed by atoms with van der Waals surface area (Å²) >= 11 is 0. The van der Waals surface area contributed by atoms with Crippen molar-refractivity contribution < 1.29 is 0 Å². The Hall–Kier alpha value is -3.92. The van der Waals surface area contributed by atoms with Gasteiger partial charge in [0.15, 0.2) is 0 Å². The van der Waals surface area contributed by atoms with Crippen LogP contribution in [0.3, 0.4) is 0 Å². The molecule has 0 aliphatic carbocycles. The van der Waals surface area contributed by atoms with Crippen molar-refractivity contribution in [2.24, 2.45) is 5.41 Å². The maximum atomic E-state index is 2.22. The molecule has 4 nitrogen and oxygen atoms in total. The lowest BCUT2D eigenvalue weighted by atomic mass is 10.0. The van der Waals surface area contributed by atoms with Gasteiger partial charge in [-0.1, -0.05) is 364 Å². The summed E-state index contributed by atoms with van der Waals surface area (Å²) in [6, 6.07) is 30.2. The quantitative estimate of drug-likeness (QED) is 0.157. The molecule has 0 spiro atoms. The zero-order chi connectivity index (χ0) is 70.1. The summed E-state index contributed by atoms with van der Waals surface area (Å²) in [6.45, 7) is 78.5. The minimum Gasteiger partial charge on any atom is -0.377 e. The van der Waals surface area contributed by atoms with Crippen LogP contribution in [0.15, 0.2) is 84.9 Å². The second-order valence-electron chi connectivity index (χ2n) is 17.2. The van der Waals surface area contributed by atoms with Gasteiger partial charge in [-0.3, -0.25) is 0 Å². The second kappa shape index (κ2) is 115. The van der Waals surface area contributed by atoms with Gasteiger partial charge in [-0.15, -0.1) is 0 Å². The SMILES string of the molecule is C.C.CC.CC.CC.CC.CC.CC.CC.CC.CC.CC.CC.CC.CC(C)(C)C.CCC.CCC.CCc1cccc(CC)c1N(C)C.CCc1cccc(CC)c1N(C)C.CCc1ccccc1N(C)C.CCc1ccccc1N(C)C. The number of hydrogen-bond donors (Lipinski definition) is 0. The van der Waals surface area contributed by atoms with Crippen molar-refractivity contribution in [1.29, 1.82) is 0 Å². The Balaban J connectivity index is -0.0000000409. The van der Waals surface area contributed by atoms with Crippen molar-refractivity contribution in [3.05, 3.63) is 118 Å². The first-order valence-corrected chi connectivity index (χ1v) is 34.8. The van der Waals surface area contributed by atoms with Gasteiger partial charge in [0.2, 0.25) is 0 Å². The van der Waals surface area contributed by atoms with Gasteiger partial charge < -0.3 is 19.6 Å². The Bertz CT molecular complexity index is 1420. The van der Waals surface area contributed by atoms with Crippen LogP contribution in [-0.4, -0.2) is 56.4 Å². The topological polar surface area (TPSA) is 13.0 Å². The van der Waals surface area contributed by atoms with Gasteiger partial charge in [-0.25, -0.2) is 0 Å². The third-order valence-corrected chi connectivity index (χ3v) is 8.53. The summed E-state index contributed by atoms with van der Waals surface area (Å²) in [5.41, 5.74) is 14.6. The van der Waals surface area contributed by atoms with E-state index in [1.54, 1.807) is 0 Å². The van der Waals surface area contributed by atoms with Crippen molar-refractivity contribution >= 4 is 22.7 Å². The monoisotopic (exact) mass is 1210 g/mol. The van der Waals surface area contributed by atoms with Crippen molar-refractivity contribution in [2.75, 3.05) is 76.0 Å². The summed E-state index contributed by atoms with van der Waals surface area (Å²) in [5, 5.41) is 0. The van der Waals surface area contributed by atoms with Crippen LogP contribution in [0.25, 0.3) is 0 Å². The molecule has 0 aliphatic heterocycles. The molecule has 0 unspecified atom stereocenters. The number of aryl methyl sites for hydroxylation is 6. The van der Waals surface area contributed by atoms with E-state index >= 15 is 0 Å². The minimum atomic E-state index is 0. The van der Waals surface area contributed by atoms with Crippen LogP contribution in [0.1, 0.15) is 324 Å². The predicted molar refractivity (Wildman–Crippen MR) is 426 cm³/mol. The first-order chi connectivity index (χ1) is 39.7. The van der Waals surface area contributed by atoms with Gasteiger partial charge in [0.25, 0.3) is 0 Å². The van der Waals surface area contributed by atoms with Crippen molar-refractivity contribution in [1.82, 2.24) is 0 Å². The molecule has 0 bridgehead atoms. The molecular formula is C81H176N4. The van der Waals surface area contributed by atoms with E-state index in [0.29, 0.717) is 5.41 Å². The average Bonchev–Trinajstić information content (AvgIpc) is 3.54. The molecule has 4 aromatic rings. The summed E-state index contributed by atoms with van der Waals surface area (Å²) < 4.78 is 0. The molecule has 85 heavy (non-hydrogen) atoms. The fourth-order valence-electron chi connectivity index (χ4n) is 6.07. The number of para-hydroxylation sites is 4. The van der Waals surface area contributed by atoms with Crippen LogP contribution in [0, 0.1) is 5.41 Å². The fraction of sp³-hybridized carbons (Fsp3) is 0.704. The molecule has 0 aliphatic rings. The summed E-state index contributed by atoms with van der Waals surface area (Å²) in [5.74, 6) is 0. The normalized spacial score (nSPS) is 7.60. The van der Waals surface area contributed by atoms with Crippen LogP contribution in [0.4, 0.5) is 22.7 Å². The molecule has 0 saturated heterocycles. The smallest absolute Gasteiger partial charge is 0.0425 e. The first-order valence-electron chi connectivity index (χ1n) is 34.8. The molecule has 0 fully saturated rings. The van der Waals surface area contributed by atoms with Crippen molar-refractivity contribution in [2.45, 2.75) is 329 Å². The summed E-state index contributed by atoms with van der Waals surface area (Å²) in [4.78, 5) is 8.74. The predicted octanol–water partition coefficient (Wildman–Crippen LogP) is 28.9. The average molecular weight is 1210 g/mol. The highest BCUT2D eigenvalue weighted by molar-refractivity contribution is 5.60. The van der Waals surface area contributed by atoms with E-state index < -0.39 is 0 Å². The Morgan fingerprint density at radius 2 is 0.365 bits per heavy atom. The highest BCUT2D eigenvalue weighted by Crippen LogP contribution is 2.26. The molecule has 0 aromatic heterocycles. The Kier molecular flexibility index (Phi) is 171. The number of benzene rings is 4. The Labute approximate surface area is 549 Å². The number of hydrogen-bond acceptors (Lipinski definition) is 4. The minimum absolute atomic E-state index is 0. The fourth-order valence-corrected chi connectivity index (χ4v) is 6.07. The molecule has 0 heterocycles. The summed E-state index contributed by atoms with van der Waals surface area (Å²) in [6.07, 6.45) is 9.16. The Morgan fingerprint density at radius 3 is 0.471 bits per heavy atom. The van der Waals surface area contributed by atoms with Gasteiger partial charge in [0, 0.05) is 79.1 Å². The van der Waals surface area contributed by atoms with Crippen LogP contribution >= 0.6 is 0 Å². The van der Waals surface area contributed by atoms with Crippen LogP contribution in [0.5, 0.6) is 0 Å². The molecule has 0 saturated carbocycles. The number of rotatable bonds is 10. The second-order valence-corrected chi connectivity index (χ2v) is 17.2. The van der Waals surface area contributed by atoms with Crippen LogP contribution in [0.2, 0.25) is 0 Å². The third kappa shape index (κ3) is 89.0. The largest absolute Gasteiger partial charge is 0.377 e. The highest BCUT2D eigenvalue weighted by atomic mass is 15.1. The molecule has 0 amide bonds. The number of anilines is 4. The molecule has 0 atom stereocenters. The van der Waals surface area contributed by atoms with Gasteiger partial charge >= 0.3 is 0 Å². The van der Waals surface area contributed by atoms with Crippen molar-refractivity contribution in [3.63, 3.8) is 0 Å². The molecule has 4 heteroatoms. The van der Waals surface area contributed by atoms with Crippen LogP contribution < -0.4 is 19.6 Å². The van der Waals surface area contributed by atoms with Gasteiger partial charge in [-0.05, 0) is 89.5 Å². The van der Waals surface area contributed by atoms with E-state index in [0.717, 1.165) is 38.5 Å². The maximum Gasteiger partial charge on any atom is 0.0425 e. The van der Waals surface area contributed by atoms with E-state index in [-0.39, 0.29) is 14.9 Å². The van der Waals surface area contributed by atoms with E-state index in [9.17, 15) is 0 Å². The summed E-state index contributed by atoms with van der Waals surface area (Å²) in [7, 11) is 16.8. The molecule has 4 aromatic carbocycles. The van der Waals surface area contributed by atoms with E-state index in [4.69, 9.17) is 0 Å². The zero-order valence-electron chi connectivity index (χ0n) is 67.0. The van der Waals surface area contributed by atoms with Gasteiger partial charge in [0.1, 0.15) is 0 Å². The zero-order valence-corrected chi connectivity index (χ0v) is 67.0. The van der Waals surface area contributed by atoms with E-state index in [1.165, 1.54) is 69.0 Å². The third-order valence-electron chi connectivity index (χ3n) is 8.53. The number of nitrogens with zero attached hydrogens (tertiary/aromatic N) is 4. The Morgan fingerprint density at radius 1 is 0.235 bits per heavy atom. The van der Waals surface area contributed by atoms with Crippen LogP contribution in [-0.2, 0) is 38.5 Å².